The van der Waals surface area contributed by atoms with Gasteiger partial charge in [-0.05, 0) is 19.1 Å². The number of hydrogen-bond donors (Lipinski definition) is 5. The zero-order chi connectivity index (χ0) is 20.7. The topological polar surface area (TPSA) is 184 Å². The predicted molar refractivity (Wildman–Crippen MR) is 101 cm³/mol. The van der Waals surface area contributed by atoms with Crippen LogP contribution in [0.5, 0.6) is 0 Å². The number of benzene rings is 1. The van der Waals surface area contributed by atoms with Crippen LogP contribution in [-0.2, 0) is 4.74 Å². The van der Waals surface area contributed by atoms with Crippen LogP contribution in [-0.4, -0.2) is 59.8 Å². The first kappa shape index (κ1) is 19.1. The number of rotatable bonds is 4. The van der Waals surface area contributed by atoms with Crippen LogP contribution in [0.2, 0.25) is 0 Å². The highest BCUT2D eigenvalue weighted by Crippen LogP contribution is 2.35. The Balaban J connectivity index is 1.85. The molecule has 3 heterocycles. The molecule has 1 unspecified atom stereocenters. The summed E-state index contributed by atoms with van der Waals surface area (Å²) in [6.07, 6.45) is -5.04. The second-order valence-electron chi connectivity index (χ2n) is 6.67. The Bertz CT molecular complexity index is 1120. The van der Waals surface area contributed by atoms with Gasteiger partial charge in [0.2, 0.25) is 5.95 Å². The number of H-pyrrole nitrogens is 1. The predicted octanol–water partition coefficient (Wildman–Crippen LogP) is 0.0371. The summed E-state index contributed by atoms with van der Waals surface area (Å²) >= 11 is 0. The van der Waals surface area contributed by atoms with Gasteiger partial charge in [0, 0.05) is 0 Å². The summed E-state index contributed by atoms with van der Waals surface area (Å²) in [6.45, 7) is 1.42. The van der Waals surface area contributed by atoms with E-state index in [0.717, 1.165) is 5.56 Å². The first-order chi connectivity index (χ1) is 13.9. The van der Waals surface area contributed by atoms with Crippen LogP contribution in [0.1, 0.15) is 11.8 Å². The Hall–Kier alpha value is -3.19. The number of aliphatic hydroxyl groups is 3. The van der Waals surface area contributed by atoms with Crippen LogP contribution in [0.3, 0.4) is 0 Å². The second kappa shape index (κ2) is 7.33. The molecule has 152 valence electrons. The first-order valence-electron chi connectivity index (χ1n) is 8.77. The molecule has 4 atom stereocenters. The minimum Gasteiger partial charge on any atom is -0.394 e. The van der Waals surface area contributed by atoms with Gasteiger partial charge in [-0.3, -0.25) is 14.3 Å². The van der Waals surface area contributed by atoms with Gasteiger partial charge >= 0.3 is 0 Å². The van der Waals surface area contributed by atoms with Crippen molar-refractivity contribution in [3.05, 3.63) is 40.2 Å². The molecule has 0 bridgehead atoms. The number of imidazole rings is 1. The van der Waals surface area contributed by atoms with E-state index in [1.165, 1.54) is 4.57 Å². The minimum atomic E-state index is -1.43. The van der Waals surface area contributed by atoms with E-state index in [1.807, 2.05) is 19.1 Å². The van der Waals surface area contributed by atoms with E-state index in [9.17, 15) is 20.1 Å². The van der Waals surface area contributed by atoms with Crippen molar-refractivity contribution in [2.24, 2.45) is 10.2 Å². The van der Waals surface area contributed by atoms with Crippen molar-refractivity contribution in [1.29, 1.82) is 0 Å². The van der Waals surface area contributed by atoms with Gasteiger partial charge in [-0.25, -0.2) is 4.98 Å². The molecule has 1 aliphatic rings. The molecule has 0 spiro atoms. The number of nitrogens with one attached hydrogen (secondary N) is 1. The van der Waals surface area contributed by atoms with Gasteiger partial charge < -0.3 is 25.8 Å². The zero-order valence-corrected chi connectivity index (χ0v) is 15.3. The number of nitrogens with two attached hydrogens (primary N) is 1. The Morgan fingerprint density at radius 3 is 2.59 bits per heavy atom. The third kappa shape index (κ3) is 3.38. The lowest BCUT2D eigenvalue weighted by Crippen LogP contribution is -2.33. The van der Waals surface area contributed by atoms with E-state index < -0.39 is 36.7 Å². The summed E-state index contributed by atoms with van der Waals surface area (Å²) in [5, 5.41) is 38.1. The van der Waals surface area contributed by atoms with Crippen LogP contribution in [0.25, 0.3) is 11.2 Å². The van der Waals surface area contributed by atoms with E-state index >= 15 is 0 Å². The molecule has 1 fully saturated rings. The minimum absolute atomic E-state index is 0.000976. The molecule has 29 heavy (non-hydrogen) atoms. The average molecular weight is 401 g/mol. The summed E-state index contributed by atoms with van der Waals surface area (Å²) in [4.78, 5) is 22.8. The molecule has 12 heteroatoms. The number of nitrogen functional groups attached to an aromatic ring is 1. The van der Waals surface area contributed by atoms with Gasteiger partial charge in [-0.2, -0.15) is 4.98 Å². The molecule has 6 N–H and O–H groups in total. The lowest BCUT2D eigenvalue weighted by atomic mass is 10.1. The van der Waals surface area contributed by atoms with Crippen molar-refractivity contribution in [2.45, 2.75) is 31.5 Å². The van der Waals surface area contributed by atoms with Crippen molar-refractivity contribution in [2.75, 3.05) is 12.3 Å². The summed E-state index contributed by atoms with van der Waals surface area (Å²) in [6, 6.07) is 7.22. The molecular weight excluding hydrogens is 382 g/mol. The Morgan fingerprint density at radius 2 is 1.93 bits per heavy atom. The molecule has 12 nitrogen and oxygen atoms in total. The standard InChI is InChI=1S/C17H19N7O5/c1-7-2-4-8(5-3-7)22-23-17-19-10-13(20-16(18)21-14(10)28)24(17)15-12(27)11(26)9(6-25)29-15/h2-5,9,11-12,15,25-27H,6H2,1H3,(H3,18,20,21,28)/b23-22-/t9-,11?,12+,15-/m1/s1. The summed E-state index contributed by atoms with van der Waals surface area (Å²) in [5.74, 6) is -0.253. The number of aromatic nitrogens is 4. The van der Waals surface area contributed by atoms with Gasteiger partial charge in [-0.1, -0.05) is 17.7 Å². The smallest absolute Gasteiger partial charge is 0.280 e. The SMILES string of the molecule is Cc1ccc(/N=N\c2nc3c(=O)[nH]c(N)nc3n2[C@@H]2O[C@H](CO)C(O)[C@@H]2O)cc1. The van der Waals surface area contributed by atoms with E-state index in [1.54, 1.807) is 12.1 Å². The molecule has 1 aromatic carbocycles. The molecule has 0 aliphatic carbocycles. The summed E-state index contributed by atoms with van der Waals surface area (Å²) in [5.41, 5.74) is 6.53. The summed E-state index contributed by atoms with van der Waals surface area (Å²) < 4.78 is 6.78. The highest BCUT2D eigenvalue weighted by molar-refractivity contribution is 5.74. The number of aryl methyl sites for hydroxylation is 1. The Labute approximate surface area is 163 Å². The third-order valence-corrected chi connectivity index (χ3v) is 4.61. The normalized spacial score (nSPS) is 24.7. The average Bonchev–Trinajstić information content (AvgIpc) is 3.19. The van der Waals surface area contributed by atoms with Gasteiger partial charge in [0.05, 0.1) is 12.3 Å². The maximum absolute atomic E-state index is 12.2. The number of hydrogen-bond acceptors (Lipinski definition) is 10. The van der Waals surface area contributed by atoms with Crippen LogP contribution < -0.4 is 11.3 Å². The fraction of sp³-hybridized carbons (Fsp3) is 0.353. The van der Waals surface area contributed by atoms with Crippen molar-refractivity contribution in [1.82, 2.24) is 19.5 Å². The first-order valence-corrected chi connectivity index (χ1v) is 8.77. The largest absolute Gasteiger partial charge is 0.394 e. The van der Waals surface area contributed by atoms with E-state index in [0.29, 0.717) is 5.69 Å². The van der Waals surface area contributed by atoms with Gasteiger partial charge in [0.15, 0.2) is 17.4 Å². The Kier molecular flexibility index (Phi) is 4.84. The van der Waals surface area contributed by atoms with E-state index in [4.69, 9.17) is 10.5 Å². The number of aromatic amines is 1. The molecule has 0 saturated carbocycles. The molecule has 1 aliphatic heterocycles. The quantitative estimate of drug-likeness (QED) is 0.379. The number of fused-ring (bicyclic) bond motifs is 1. The van der Waals surface area contributed by atoms with E-state index in [2.05, 4.69) is 25.2 Å². The van der Waals surface area contributed by atoms with Gasteiger partial charge in [-0.15, -0.1) is 10.2 Å². The van der Waals surface area contributed by atoms with Crippen LogP contribution in [0, 0.1) is 6.92 Å². The molecule has 0 radical (unpaired) electrons. The number of ether oxygens (including phenoxy) is 1. The molecule has 3 aromatic rings. The highest BCUT2D eigenvalue weighted by atomic mass is 16.6. The number of aliphatic hydroxyl groups excluding tert-OH is 3. The fourth-order valence-electron chi connectivity index (χ4n) is 3.10. The maximum Gasteiger partial charge on any atom is 0.280 e. The third-order valence-electron chi connectivity index (χ3n) is 4.61. The molecular formula is C17H19N7O5. The maximum atomic E-state index is 12.2. The molecule has 4 rings (SSSR count). The van der Waals surface area contributed by atoms with Crippen LogP contribution in [0.15, 0.2) is 39.3 Å². The second-order valence-corrected chi connectivity index (χ2v) is 6.67. The van der Waals surface area contributed by atoms with Crippen molar-refractivity contribution < 1.29 is 20.1 Å². The lowest BCUT2D eigenvalue weighted by molar-refractivity contribution is -0.0503. The number of anilines is 1. The fourth-order valence-corrected chi connectivity index (χ4v) is 3.10. The Morgan fingerprint density at radius 1 is 1.21 bits per heavy atom. The molecule has 1 saturated heterocycles. The van der Waals surface area contributed by atoms with Crippen LogP contribution in [0.4, 0.5) is 17.6 Å². The van der Waals surface area contributed by atoms with Crippen molar-refractivity contribution in [3.8, 4) is 0 Å². The highest BCUT2D eigenvalue weighted by Gasteiger charge is 2.45. The number of azo groups is 1. The lowest BCUT2D eigenvalue weighted by Gasteiger charge is -2.17. The van der Waals surface area contributed by atoms with Gasteiger partial charge in [0.25, 0.3) is 11.5 Å². The van der Waals surface area contributed by atoms with Crippen molar-refractivity contribution >= 4 is 28.7 Å². The zero-order valence-electron chi connectivity index (χ0n) is 15.3. The summed E-state index contributed by atoms with van der Waals surface area (Å²) in [7, 11) is 0. The monoisotopic (exact) mass is 401 g/mol. The van der Waals surface area contributed by atoms with Crippen LogP contribution >= 0.6 is 0 Å². The molecule has 0 amide bonds. The van der Waals surface area contributed by atoms with Gasteiger partial charge in [0.1, 0.15) is 18.3 Å². The van der Waals surface area contributed by atoms with Crippen molar-refractivity contribution in [3.63, 3.8) is 0 Å². The van der Waals surface area contributed by atoms with E-state index in [-0.39, 0.29) is 23.1 Å². The number of nitrogens with zero attached hydrogens (tertiary/aromatic N) is 5. The molecule has 2 aromatic heterocycles.